The van der Waals surface area contributed by atoms with E-state index in [0.29, 0.717) is 44.3 Å². The first-order valence-corrected chi connectivity index (χ1v) is 12.6. The van der Waals surface area contributed by atoms with Crippen LogP contribution in [0.25, 0.3) is 0 Å². The Morgan fingerprint density at radius 1 is 1.10 bits per heavy atom. The maximum atomic E-state index is 12.5. The highest BCUT2D eigenvalue weighted by molar-refractivity contribution is 7.90. The van der Waals surface area contributed by atoms with Crippen LogP contribution in [-0.2, 0) is 25.7 Å². The van der Waals surface area contributed by atoms with Crippen LogP contribution in [0.15, 0.2) is 23.1 Å². The molecule has 8 nitrogen and oxygen atoms in total. The van der Waals surface area contributed by atoms with E-state index in [-0.39, 0.29) is 11.0 Å². The van der Waals surface area contributed by atoms with Gasteiger partial charge in [0.25, 0.3) is 0 Å². The van der Waals surface area contributed by atoms with Crippen LogP contribution < -0.4 is 4.90 Å². The predicted molar refractivity (Wildman–Crippen MR) is 117 cm³/mol. The molecular formula is C22H32N2O6S. The Hall–Kier alpha value is -2.29. The lowest BCUT2D eigenvalue weighted by atomic mass is 9.94. The molecular weight excluding hydrogens is 420 g/mol. The highest BCUT2D eigenvalue weighted by atomic mass is 32.2. The van der Waals surface area contributed by atoms with Crippen LogP contribution >= 0.6 is 0 Å². The maximum Gasteiger partial charge on any atom is 0.414 e. The zero-order valence-electron chi connectivity index (χ0n) is 18.7. The van der Waals surface area contributed by atoms with Gasteiger partial charge in [-0.2, -0.15) is 0 Å². The van der Waals surface area contributed by atoms with Gasteiger partial charge in [0.05, 0.1) is 17.2 Å². The summed E-state index contributed by atoms with van der Waals surface area (Å²) in [6, 6.07) is 4.83. The van der Waals surface area contributed by atoms with E-state index in [1.165, 1.54) is 12.3 Å². The van der Waals surface area contributed by atoms with Crippen LogP contribution in [0.1, 0.15) is 45.6 Å². The van der Waals surface area contributed by atoms with E-state index in [9.17, 15) is 18.0 Å². The fraction of sp³-hybridized carbons (Fsp3) is 0.636. The summed E-state index contributed by atoms with van der Waals surface area (Å²) in [6.45, 7) is 7.67. The lowest BCUT2D eigenvalue weighted by Gasteiger charge is -2.33. The first-order chi connectivity index (χ1) is 14.4. The molecule has 0 saturated carbocycles. The van der Waals surface area contributed by atoms with Crippen molar-refractivity contribution in [1.29, 1.82) is 0 Å². The number of likely N-dealkylation sites (tertiary alicyclic amines) is 1. The van der Waals surface area contributed by atoms with Crippen LogP contribution in [0.3, 0.4) is 0 Å². The Bertz CT molecular complexity index is 930. The van der Waals surface area contributed by atoms with Crippen molar-refractivity contribution in [2.45, 2.75) is 57.0 Å². The van der Waals surface area contributed by atoms with Gasteiger partial charge in [-0.25, -0.2) is 18.0 Å². The molecule has 2 aliphatic heterocycles. The number of nitrogens with zero attached hydrogens (tertiary/aromatic N) is 2. The standard InChI is InChI=1S/C22H32N2O6S/c1-22(2,3)30-20(25)23-11-7-16(8-12-23)10-14-29-21(26)24-13-9-17-15-18(31(4,27)28)5-6-19(17)24/h5-6,15-16H,7-14H2,1-4H3. The summed E-state index contributed by atoms with van der Waals surface area (Å²) in [5.74, 6) is 0.398. The van der Waals surface area contributed by atoms with Gasteiger partial charge in [0.15, 0.2) is 9.84 Å². The summed E-state index contributed by atoms with van der Waals surface area (Å²) < 4.78 is 34.4. The SMILES string of the molecule is CC(C)(C)OC(=O)N1CCC(CCOC(=O)N2CCc3cc(S(C)(=O)=O)ccc32)CC1. The molecule has 2 aliphatic rings. The first-order valence-electron chi connectivity index (χ1n) is 10.7. The van der Waals surface area contributed by atoms with E-state index in [0.717, 1.165) is 24.8 Å². The topological polar surface area (TPSA) is 93.2 Å². The molecule has 1 saturated heterocycles. The quantitative estimate of drug-likeness (QED) is 0.693. The lowest BCUT2D eigenvalue weighted by molar-refractivity contribution is 0.0175. The van der Waals surface area contributed by atoms with Gasteiger partial charge in [0, 0.05) is 25.9 Å². The monoisotopic (exact) mass is 452 g/mol. The molecule has 2 amide bonds. The number of sulfone groups is 1. The zero-order valence-corrected chi connectivity index (χ0v) is 19.5. The molecule has 1 fully saturated rings. The second kappa shape index (κ2) is 9.06. The third-order valence-corrected chi connectivity index (χ3v) is 6.72. The van der Waals surface area contributed by atoms with Crippen molar-refractivity contribution in [3.8, 4) is 0 Å². The van der Waals surface area contributed by atoms with Crippen LogP contribution in [0.2, 0.25) is 0 Å². The number of anilines is 1. The van der Waals surface area contributed by atoms with Crippen molar-refractivity contribution >= 4 is 27.7 Å². The minimum Gasteiger partial charge on any atom is -0.449 e. The normalized spacial score (nSPS) is 17.4. The number of hydrogen-bond donors (Lipinski definition) is 0. The minimum absolute atomic E-state index is 0.263. The Balaban J connectivity index is 1.44. The Morgan fingerprint density at radius 2 is 1.77 bits per heavy atom. The maximum absolute atomic E-state index is 12.5. The second-order valence-electron chi connectivity index (χ2n) is 9.28. The van der Waals surface area contributed by atoms with Gasteiger partial charge >= 0.3 is 12.2 Å². The summed E-state index contributed by atoms with van der Waals surface area (Å²) in [7, 11) is -3.27. The van der Waals surface area contributed by atoms with Crippen molar-refractivity contribution < 1.29 is 27.5 Å². The molecule has 1 aromatic carbocycles. The van der Waals surface area contributed by atoms with Crippen LogP contribution in [-0.4, -0.2) is 63.6 Å². The minimum atomic E-state index is -3.27. The summed E-state index contributed by atoms with van der Waals surface area (Å²) in [5.41, 5.74) is 1.06. The number of fused-ring (bicyclic) bond motifs is 1. The van der Waals surface area contributed by atoms with Crippen molar-refractivity contribution in [1.82, 2.24) is 4.90 Å². The molecule has 0 unspecified atom stereocenters. The Kier molecular flexibility index (Phi) is 6.83. The third kappa shape index (κ3) is 6.12. The summed E-state index contributed by atoms with van der Waals surface area (Å²) in [5, 5.41) is 0. The predicted octanol–water partition coefficient (Wildman–Crippen LogP) is 3.63. The fourth-order valence-corrected chi connectivity index (χ4v) is 4.59. The number of carbonyl (C=O) groups is 2. The van der Waals surface area contributed by atoms with Gasteiger partial charge in [0.1, 0.15) is 5.60 Å². The molecule has 3 rings (SSSR count). The molecule has 31 heavy (non-hydrogen) atoms. The van der Waals surface area contributed by atoms with Gasteiger partial charge in [-0.3, -0.25) is 4.90 Å². The van der Waals surface area contributed by atoms with Gasteiger partial charge in [-0.15, -0.1) is 0 Å². The van der Waals surface area contributed by atoms with E-state index in [4.69, 9.17) is 9.47 Å². The molecule has 9 heteroatoms. The molecule has 172 valence electrons. The van der Waals surface area contributed by atoms with Gasteiger partial charge < -0.3 is 14.4 Å². The van der Waals surface area contributed by atoms with Crippen LogP contribution in [0, 0.1) is 5.92 Å². The number of piperidine rings is 1. The molecule has 0 aromatic heterocycles. The van der Waals surface area contributed by atoms with E-state index in [1.54, 1.807) is 21.9 Å². The number of carbonyl (C=O) groups excluding carboxylic acids is 2. The highest BCUT2D eigenvalue weighted by Gasteiger charge is 2.29. The average molecular weight is 453 g/mol. The highest BCUT2D eigenvalue weighted by Crippen LogP contribution is 2.31. The summed E-state index contributed by atoms with van der Waals surface area (Å²) in [4.78, 5) is 28.2. The molecule has 0 atom stereocenters. The van der Waals surface area contributed by atoms with Crippen LogP contribution in [0.4, 0.5) is 15.3 Å². The van der Waals surface area contributed by atoms with Crippen molar-refractivity contribution in [3.63, 3.8) is 0 Å². The number of ether oxygens (including phenoxy) is 2. The van der Waals surface area contributed by atoms with E-state index in [1.807, 2.05) is 20.8 Å². The Labute approximate surface area is 184 Å². The zero-order chi connectivity index (χ0) is 22.8. The number of hydrogen-bond acceptors (Lipinski definition) is 6. The summed E-state index contributed by atoms with van der Waals surface area (Å²) >= 11 is 0. The molecule has 0 spiro atoms. The van der Waals surface area contributed by atoms with E-state index >= 15 is 0 Å². The van der Waals surface area contributed by atoms with E-state index in [2.05, 4.69) is 0 Å². The van der Waals surface area contributed by atoms with E-state index < -0.39 is 21.5 Å². The number of benzene rings is 1. The summed E-state index contributed by atoms with van der Waals surface area (Å²) in [6.07, 6.45) is 3.57. The number of rotatable bonds is 4. The van der Waals surface area contributed by atoms with Gasteiger partial charge in [0.2, 0.25) is 0 Å². The Morgan fingerprint density at radius 3 is 2.39 bits per heavy atom. The fourth-order valence-electron chi connectivity index (χ4n) is 3.92. The molecule has 1 aromatic rings. The van der Waals surface area contributed by atoms with Crippen molar-refractivity contribution in [3.05, 3.63) is 23.8 Å². The largest absolute Gasteiger partial charge is 0.449 e. The molecule has 0 radical (unpaired) electrons. The van der Waals surface area contributed by atoms with Crippen molar-refractivity contribution in [2.24, 2.45) is 5.92 Å². The van der Waals surface area contributed by atoms with Crippen LogP contribution in [0.5, 0.6) is 0 Å². The first kappa shape index (κ1) is 23.4. The average Bonchev–Trinajstić information content (AvgIpc) is 3.10. The molecule has 0 bridgehead atoms. The molecule has 0 aliphatic carbocycles. The van der Waals surface area contributed by atoms with Gasteiger partial charge in [-0.1, -0.05) is 0 Å². The molecule has 2 heterocycles. The smallest absolute Gasteiger partial charge is 0.414 e. The lowest BCUT2D eigenvalue weighted by Crippen LogP contribution is -2.42. The molecule has 0 N–H and O–H groups in total. The van der Waals surface area contributed by atoms with Gasteiger partial charge in [-0.05, 0) is 76.1 Å². The van der Waals surface area contributed by atoms with Crippen molar-refractivity contribution in [2.75, 3.05) is 37.4 Å². The second-order valence-corrected chi connectivity index (χ2v) is 11.3. The number of amides is 2. The third-order valence-electron chi connectivity index (χ3n) is 5.61.